The van der Waals surface area contributed by atoms with Gasteiger partial charge in [-0.05, 0) is 81.3 Å². The van der Waals surface area contributed by atoms with Crippen LogP contribution in [0.2, 0.25) is 0 Å². The summed E-state index contributed by atoms with van der Waals surface area (Å²) in [5, 5.41) is 0. The van der Waals surface area contributed by atoms with E-state index in [1.165, 1.54) is 103 Å². The second-order valence-electron chi connectivity index (χ2n) is 25.5. The smallest absolute Gasteiger partial charge is 0.0359 e. The first kappa shape index (κ1) is 83.0. The van der Waals surface area contributed by atoms with E-state index in [0.29, 0.717) is 27.1 Å². The summed E-state index contributed by atoms with van der Waals surface area (Å²) in [5.74, 6) is 6.27. The van der Waals surface area contributed by atoms with Crippen molar-refractivity contribution in [3.8, 4) is 0 Å². The minimum atomic E-state index is 0.500. The van der Waals surface area contributed by atoms with E-state index in [9.17, 15) is 0 Å². The van der Waals surface area contributed by atoms with Gasteiger partial charge in [0.1, 0.15) is 0 Å². The molecule has 0 saturated heterocycles. The number of rotatable bonds is 16. The van der Waals surface area contributed by atoms with Gasteiger partial charge in [-0.2, -0.15) is 0 Å². The van der Waals surface area contributed by atoms with E-state index in [-0.39, 0.29) is 0 Å². The topological polar surface area (TPSA) is 0 Å². The van der Waals surface area contributed by atoms with Crippen LogP contribution in [0.3, 0.4) is 0 Å². The van der Waals surface area contributed by atoms with Gasteiger partial charge in [-0.25, -0.2) is 0 Å². The van der Waals surface area contributed by atoms with E-state index < -0.39 is 0 Å². The minimum absolute atomic E-state index is 0.500. The molecular formula is C63H144. The Kier molecular flexibility index (Phi) is 67.7. The van der Waals surface area contributed by atoms with Crippen LogP contribution < -0.4 is 0 Å². The molecule has 0 fully saturated rings. The van der Waals surface area contributed by atoms with Crippen LogP contribution in [0.1, 0.15) is 345 Å². The van der Waals surface area contributed by atoms with E-state index in [4.69, 9.17) is 0 Å². The molecule has 0 radical (unpaired) electrons. The van der Waals surface area contributed by atoms with Crippen molar-refractivity contribution in [2.75, 3.05) is 0 Å². The third kappa shape index (κ3) is 93.0. The van der Waals surface area contributed by atoms with E-state index in [1.807, 2.05) is 0 Å². The van der Waals surface area contributed by atoms with Crippen molar-refractivity contribution in [3.05, 3.63) is 0 Å². The second-order valence-corrected chi connectivity index (χ2v) is 25.5. The van der Waals surface area contributed by atoms with Crippen LogP contribution >= 0.6 is 0 Å². The highest BCUT2D eigenvalue weighted by atomic mass is 14.2. The maximum atomic E-state index is 2.31. The standard InChI is InChI=1S/9C7H16/c1-6(2)7(3,4)5;2*1-5-6-7(2,3)4;2*1-5-7(3,4)6-2;2*1-5-7(4)6(2)3;1-4-6-7(3)5-2;1-4-7(5-2)6-3/h6H,1-5H3;4*5-6H2,1-4H3;2*6-7H,5H2,1-4H3;2*7H,4-6H2,1-3H3/t;;;;;7-;;;/m.....0.../s1. The summed E-state index contributed by atoms with van der Waals surface area (Å²) in [5.41, 5.74) is 2.77. The Bertz CT molecular complexity index is 693. The Labute approximate surface area is 411 Å². The van der Waals surface area contributed by atoms with Gasteiger partial charge in [0.15, 0.2) is 0 Å². The molecule has 396 valence electrons. The molecule has 2 unspecified atom stereocenters. The average Bonchev–Trinajstić information content (AvgIpc) is 3.18. The van der Waals surface area contributed by atoms with Gasteiger partial charge in [0.2, 0.25) is 0 Å². The molecule has 0 aromatic carbocycles. The zero-order chi connectivity index (χ0) is 52.9. The lowest BCUT2D eigenvalue weighted by Gasteiger charge is -2.22. The summed E-state index contributed by atoms with van der Waals surface area (Å²) in [4.78, 5) is 0. The lowest BCUT2D eigenvalue weighted by Crippen LogP contribution is -2.12. The predicted octanol–water partition coefficient (Wildman–Crippen LogP) is 25.1. The molecule has 3 atom stereocenters. The fourth-order valence-corrected chi connectivity index (χ4v) is 4.51. The quantitative estimate of drug-likeness (QED) is 0.145. The average molecular weight is 902 g/mol. The summed E-state index contributed by atoms with van der Waals surface area (Å²) < 4.78 is 0. The fourth-order valence-electron chi connectivity index (χ4n) is 4.51. The van der Waals surface area contributed by atoms with Crippen molar-refractivity contribution in [2.24, 2.45) is 68.5 Å². The van der Waals surface area contributed by atoms with Crippen molar-refractivity contribution in [1.29, 1.82) is 0 Å². The Morgan fingerprint density at radius 1 is 0.317 bits per heavy atom. The molecule has 0 aromatic heterocycles. The summed E-state index contributed by atoms with van der Waals surface area (Å²) in [6.45, 7) is 79.3. The third-order valence-corrected chi connectivity index (χ3v) is 14.3. The van der Waals surface area contributed by atoms with Gasteiger partial charge in [0, 0.05) is 0 Å². The van der Waals surface area contributed by atoms with Crippen LogP contribution in [0, 0.1) is 68.5 Å². The van der Waals surface area contributed by atoms with E-state index >= 15 is 0 Å². The van der Waals surface area contributed by atoms with Crippen LogP contribution in [0.15, 0.2) is 0 Å². The molecule has 0 nitrogen and oxygen atoms in total. The van der Waals surface area contributed by atoms with E-state index in [2.05, 4.69) is 242 Å². The Hall–Kier alpha value is 0. The fraction of sp³-hybridized carbons (Fsp3) is 1.00. The van der Waals surface area contributed by atoms with Gasteiger partial charge in [-0.3, -0.25) is 0 Å². The summed E-state index contributed by atoms with van der Waals surface area (Å²) >= 11 is 0. The SMILES string of the molecule is CC(C)C(C)(C)C.CCC(C)(C)CC.CCC(C)(C)CC.CCC(C)C(C)C.CCC(CC)CC.CCCC(C)(C)C.CCCC(C)(C)C.CCCC(C)CC.CC[C@H](C)C(C)C. The minimum Gasteiger partial charge on any atom is -0.0654 e. The van der Waals surface area contributed by atoms with Gasteiger partial charge in [-0.1, -0.05) is 332 Å². The third-order valence-electron chi connectivity index (χ3n) is 14.3. The van der Waals surface area contributed by atoms with Gasteiger partial charge in [0.05, 0.1) is 0 Å². The molecule has 0 aliphatic carbocycles. The van der Waals surface area contributed by atoms with Crippen molar-refractivity contribution in [3.63, 3.8) is 0 Å². The molecule has 0 amide bonds. The highest BCUT2D eigenvalue weighted by molar-refractivity contribution is 4.65. The molecule has 0 heteroatoms. The predicted molar refractivity (Wildman–Crippen MR) is 309 cm³/mol. The van der Waals surface area contributed by atoms with Crippen molar-refractivity contribution < 1.29 is 0 Å². The molecule has 0 aromatic rings. The lowest BCUT2D eigenvalue weighted by atomic mass is 9.84. The van der Waals surface area contributed by atoms with Gasteiger partial charge in [0.25, 0.3) is 0 Å². The monoisotopic (exact) mass is 901 g/mol. The first-order chi connectivity index (χ1) is 28.3. The molecule has 63 heavy (non-hydrogen) atoms. The molecule has 0 rings (SSSR count). The molecule has 0 spiro atoms. The van der Waals surface area contributed by atoms with Crippen LogP contribution in [0.5, 0.6) is 0 Å². The highest BCUT2D eigenvalue weighted by Gasteiger charge is 2.14. The Morgan fingerprint density at radius 2 is 0.556 bits per heavy atom. The van der Waals surface area contributed by atoms with Crippen molar-refractivity contribution >= 4 is 0 Å². The first-order valence-corrected chi connectivity index (χ1v) is 28.3. The first-order valence-electron chi connectivity index (χ1n) is 28.3. The summed E-state index contributed by atoms with van der Waals surface area (Å²) in [6.07, 6.45) is 21.3. The summed E-state index contributed by atoms with van der Waals surface area (Å²) in [7, 11) is 0. The van der Waals surface area contributed by atoms with Gasteiger partial charge < -0.3 is 0 Å². The number of hydrogen-bond acceptors (Lipinski definition) is 0. The molecule has 0 aliphatic heterocycles. The Morgan fingerprint density at radius 3 is 0.571 bits per heavy atom. The molecule has 0 heterocycles. The van der Waals surface area contributed by atoms with Crippen LogP contribution in [-0.4, -0.2) is 0 Å². The molecule has 0 aliphatic rings. The zero-order valence-electron chi connectivity index (χ0n) is 52.9. The van der Waals surface area contributed by atoms with Crippen LogP contribution in [0.4, 0.5) is 0 Å². The molecule has 0 saturated carbocycles. The second kappa shape index (κ2) is 51.4. The van der Waals surface area contributed by atoms with Crippen molar-refractivity contribution in [1.82, 2.24) is 0 Å². The van der Waals surface area contributed by atoms with Crippen molar-refractivity contribution in [2.45, 2.75) is 345 Å². The molecule has 0 N–H and O–H groups in total. The maximum absolute atomic E-state index is 2.31. The van der Waals surface area contributed by atoms with E-state index in [1.54, 1.807) is 0 Å². The van der Waals surface area contributed by atoms with E-state index in [0.717, 1.165) is 41.4 Å². The maximum Gasteiger partial charge on any atom is -0.0359 e. The normalized spacial score (nSPS) is 12.8. The Balaban J connectivity index is -0.0000000744. The van der Waals surface area contributed by atoms with Crippen LogP contribution in [-0.2, 0) is 0 Å². The molecule has 0 bridgehead atoms. The van der Waals surface area contributed by atoms with Gasteiger partial charge in [-0.15, -0.1) is 0 Å². The highest BCUT2D eigenvalue weighted by Crippen LogP contribution is 2.25. The van der Waals surface area contributed by atoms with Gasteiger partial charge >= 0.3 is 0 Å². The molecular weight excluding hydrogens is 757 g/mol. The lowest BCUT2D eigenvalue weighted by molar-refractivity contribution is 0.283. The zero-order valence-corrected chi connectivity index (χ0v) is 52.9. The van der Waals surface area contributed by atoms with Crippen LogP contribution in [0.25, 0.3) is 0 Å². The number of hydrogen-bond donors (Lipinski definition) is 0. The largest absolute Gasteiger partial charge is 0.0654 e. The summed E-state index contributed by atoms with van der Waals surface area (Å²) in [6, 6.07) is 0.